The van der Waals surface area contributed by atoms with Crippen molar-refractivity contribution in [1.82, 2.24) is 20.0 Å². The number of nitrogens with one attached hydrogen (secondary N) is 1. The van der Waals surface area contributed by atoms with Gasteiger partial charge in [-0.15, -0.1) is 5.10 Å². The lowest BCUT2D eigenvalue weighted by atomic mass is 10.1. The number of nitrogen functional groups attached to an aromatic ring is 1. The fourth-order valence-electron chi connectivity index (χ4n) is 1.95. The van der Waals surface area contributed by atoms with E-state index in [1.807, 2.05) is 0 Å². The zero-order chi connectivity index (χ0) is 24.1. The molecule has 0 saturated heterocycles. The van der Waals surface area contributed by atoms with E-state index in [0.717, 1.165) is 17.1 Å². The summed E-state index contributed by atoms with van der Waals surface area (Å²) in [5.41, 5.74) is 5.55. The third-order valence-corrected chi connectivity index (χ3v) is 4.85. The topological polar surface area (TPSA) is 190 Å². The summed E-state index contributed by atoms with van der Waals surface area (Å²) < 4.78 is 58.6. The predicted molar refractivity (Wildman–Crippen MR) is 99.7 cm³/mol. The molecule has 2 aromatic rings. The minimum atomic E-state index is -5.08. The van der Waals surface area contributed by atoms with Gasteiger partial charge in [0.1, 0.15) is 10.7 Å². The van der Waals surface area contributed by atoms with Gasteiger partial charge in [-0.05, 0) is 12.0 Å². The molecule has 0 aliphatic carbocycles. The third kappa shape index (κ3) is 7.25. The minimum absolute atomic E-state index is 0.0963. The molecule has 0 radical (unpaired) electrons. The van der Waals surface area contributed by atoms with Crippen LogP contribution in [0.4, 0.5) is 24.8 Å². The number of alkyl halides is 3. The molecule has 2 heterocycles. The van der Waals surface area contributed by atoms with E-state index < -0.39 is 34.2 Å². The maximum Gasteiger partial charge on any atom is 0.490 e. The molecule has 0 spiro atoms. The Labute approximate surface area is 177 Å². The molecular formula is C14H16ClF3N6O6S. The largest absolute Gasteiger partial charge is 0.490 e. The molecule has 2 rings (SSSR count). The van der Waals surface area contributed by atoms with Crippen molar-refractivity contribution in [2.24, 2.45) is 5.92 Å². The summed E-state index contributed by atoms with van der Waals surface area (Å²) in [4.78, 5) is 24.4. The monoisotopic (exact) mass is 488 g/mol. The Bertz CT molecular complexity index is 1060. The number of carboxylic acids is 2. The predicted octanol–water partition coefficient (Wildman–Crippen LogP) is 1.62. The lowest BCUT2D eigenvalue weighted by Crippen LogP contribution is -2.26. The van der Waals surface area contributed by atoms with Crippen LogP contribution in [0.2, 0.25) is 5.02 Å². The Kier molecular flexibility index (Phi) is 8.17. The van der Waals surface area contributed by atoms with Crippen LogP contribution in [0.5, 0.6) is 0 Å². The fourth-order valence-corrected chi connectivity index (χ4v) is 3.26. The first-order chi connectivity index (χ1) is 14.1. The fraction of sp³-hybridized carbons (Fsp3) is 0.357. The smallest absolute Gasteiger partial charge is 0.480 e. The van der Waals surface area contributed by atoms with Gasteiger partial charge in [-0.1, -0.05) is 25.4 Å². The van der Waals surface area contributed by atoms with E-state index in [1.54, 1.807) is 13.8 Å². The van der Waals surface area contributed by atoms with Crippen molar-refractivity contribution >= 4 is 45.2 Å². The van der Waals surface area contributed by atoms with E-state index >= 15 is 0 Å². The number of nitrogens with two attached hydrogens (primary N) is 1. The van der Waals surface area contributed by atoms with E-state index in [1.165, 1.54) is 6.20 Å². The molecule has 2 aromatic heterocycles. The zero-order valence-corrected chi connectivity index (χ0v) is 17.3. The Hall–Kier alpha value is -3.14. The maximum absolute atomic E-state index is 12.3. The standard InChI is InChI=1S/C12H15ClN6O4S.C2HF3O2/c1-6(2)10(12(20)21)19-16-5-9(17-19)18-24(22,23)8-3-7(13)4-15-11(8)14;3-2(4,5)1(6)7/h3-6,10H,1-2H3,(H2,14,15)(H,17,18)(H,20,21);(H,6,7). The van der Waals surface area contributed by atoms with Gasteiger partial charge in [0.05, 0.1) is 11.2 Å². The van der Waals surface area contributed by atoms with Gasteiger partial charge in [0.2, 0.25) is 0 Å². The van der Waals surface area contributed by atoms with Gasteiger partial charge < -0.3 is 15.9 Å². The van der Waals surface area contributed by atoms with Crippen molar-refractivity contribution in [3.8, 4) is 0 Å². The van der Waals surface area contributed by atoms with Crippen LogP contribution in [-0.4, -0.2) is 56.7 Å². The Morgan fingerprint density at radius 3 is 2.26 bits per heavy atom. The van der Waals surface area contributed by atoms with E-state index in [2.05, 4.69) is 19.9 Å². The highest BCUT2D eigenvalue weighted by Crippen LogP contribution is 2.23. The Morgan fingerprint density at radius 2 is 1.81 bits per heavy atom. The van der Waals surface area contributed by atoms with E-state index in [-0.39, 0.29) is 27.5 Å². The molecule has 0 fully saturated rings. The van der Waals surface area contributed by atoms with E-state index in [9.17, 15) is 31.5 Å². The van der Waals surface area contributed by atoms with Crippen LogP contribution in [0.3, 0.4) is 0 Å². The minimum Gasteiger partial charge on any atom is -0.480 e. The number of pyridine rings is 1. The summed E-state index contributed by atoms with van der Waals surface area (Å²) in [6.45, 7) is 3.37. The highest BCUT2D eigenvalue weighted by molar-refractivity contribution is 7.92. The molecule has 0 aromatic carbocycles. The number of hydrogen-bond acceptors (Lipinski definition) is 8. The molecule has 0 saturated carbocycles. The van der Waals surface area contributed by atoms with E-state index in [4.69, 9.17) is 27.2 Å². The van der Waals surface area contributed by atoms with Crippen LogP contribution in [0.1, 0.15) is 19.9 Å². The molecule has 0 amide bonds. The number of rotatable bonds is 6. The van der Waals surface area contributed by atoms with Crippen LogP contribution in [0.15, 0.2) is 23.4 Å². The summed E-state index contributed by atoms with van der Waals surface area (Å²) in [6.07, 6.45) is -2.77. The van der Waals surface area contributed by atoms with Gasteiger partial charge in [-0.25, -0.2) is 23.0 Å². The molecule has 1 atom stereocenters. The normalized spacial score (nSPS) is 12.6. The number of nitrogens with zero attached hydrogens (tertiary/aromatic N) is 4. The molecule has 31 heavy (non-hydrogen) atoms. The second-order valence-corrected chi connectivity index (χ2v) is 8.11. The molecule has 5 N–H and O–H groups in total. The van der Waals surface area contributed by atoms with Crippen LogP contribution >= 0.6 is 11.6 Å². The number of aliphatic carboxylic acids is 2. The summed E-state index contributed by atoms with van der Waals surface area (Å²) in [6, 6.07) is 0.117. The summed E-state index contributed by atoms with van der Waals surface area (Å²) in [5, 5.41) is 24.1. The average Bonchev–Trinajstić information content (AvgIpc) is 3.02. The number of aromatic nitrogens is 4. The van der Waals surface area contributed by atoms with Gasteiger partial charge in [0.25, 0.3) is 10.0 Å². The third-order valence-electron chi connectivity index (χ3n) is 3.26. The molecule has 0 bridgehead atoms. The molecule has 172 valence electrons. The van der Waals surface area contributed by atoms with Crippen molar-refractivity contribution in [2.45, 2.75) is 31.0 Å². The highest BCUT2D eigenvalue weighted by atomic mass is 35.5. The first kappa shape index (κ1) is 25.9. The summed E-state index contributed by atoms with van der Waals surface area (Å²) in [7, 11) is -4.10. The number of halogens is 4. The van der Waals surface area contributed by atoms with Crippen molar-refractivity contribution < 1.29 is 41.4 Å². The average molecular weight is 489 g/mol. The maximum atomic E-state index is 12.3. The summed E-state index contributed by atoms with van der Waals surface area (Å²) in [5.74, 6) is -4.57. The van der Waals surface area contributed by atoms with Crippen molar-refractivity contribution in [3.63, 3.8) is 0 Å². The molecule has 12 nitrogen and oxygen atoms in total. The summed E-state index contributed by atoms with van der Waals surface area (Å²) >= 11 is 5.73. The lowest BCUT2D eigenvalue weighted by Gasteiger charge is -2.14. The van der Waals surface area contributed by atoms with Gasteiger partial charge in [-0.2, -0.15) is 23.1 Å². The van der Waals surface area contributed by atoms with Crippen molar-refractivity contribution in [3.05, 3.63) is 23.5 Å². The molecule has 17 heteroatoms. The van der Waals surface area contributed by atoms with Gasteiger partial charge in [-0.3, -0.25) is 4.72 Å². The lowest BCUT2D eigenvalue weighted by molar-refractivity contribution is -0.192. The van der Waals surface area contributed by atoms with Crippen LogP contribution < -0.4 is 10.5 Å². The molecule has 0 aliphatic heterocycles. The second kappa shape index (κ2) is 9.78. The van der Waals surface area contributed by atoms with Crippen LogP contribution in [-0.2, 0) is 19.6 Å². The van der Waals surface area contributed by atoms with Gasteiger partial charge in [0, 0.05) is 6.20 Å². The quantitative estimate of drug-likeness (QED) is 0.464. The number of sulfonamides is 1. The molecule has 1 unspecified atom stereocenters. The number of hydrogen-bond donors (Lipinski definition) is 4. The first-order valence-electron chi connectivity index (χ1n) is 7.94. The number of carboxylic acid groups (broad SMARTS) is 2. The van der Waals surface area contributed by atoms with Crippen LogP contribution in [0.25, 0.3) is 0 Å². The highest BCUT2D eigenvalue weighted by Gasteiger charge is 2.38. The number of anilines is 2. The number of carbonyl (C=O) groups is 2. The first-order valence-corrected chi connectivity index (χ1v) is 9.81. The van der Waals surface area contributed by atoms with Gasteiger partial charge in [0.15, 0.2) is 11.9 Å². The zero-order valence-electron chi connectivity index (χ0n) is 15.7. The Morgan fingerprint density at radius 1 is 1.26 bits per heavy atom. The SMILES string of the molecule is CC(C)C(C(=O)O)n1ncc(NS(=O)(=O)c2cc(Cl)cnc2N)n1.O=C(O)C(F)(F)F. The van der Waals surface area contributed by atoms with E-state index in [0.29, 0.717) is 0 Å². The van der Waals surface area contributed by atoms with Crippen molar-refractivity contribution in [2.75, 3.05) is 10.5 Å². The molecular weight excluding hydrogens is 473 g/mol. The van der Waals surface area contributed by atoms with Gasteiger partial charge >= 0.3 is 18.1 Å². The second-order valence-electron chi connectivity index (χ2n) is 6.02. The van der Waals surface area contributed by atoms with Crippen molar-refractivity contribution in [1.29, 1.82) is 0 Å². The molecule has 0 aliphatic rings. The Balaban J connectivity index is 0.000000592. The van der Waals surface area contributed by atoms with Crippen LogP contribution in [0, 0.1) is 5.92 Å².